The number of methoxy groups -OCH3 is 1. The molecule has 0 amide bonds. The first-order valence-electron chi connectivity index (χ1n) is 10.0. The van der Waals surface area contributed by atoms with Crippen LogP contribution in [0.2, 0.25) is 5.02 Å². The average Bonchev–Trinajstić information content (AvgIpc) is 3.43. The van der Waals surface area contributed by atoms with Crippen molar-refractivity contribution in [2.45, 2.75) is 17.8 Å². The molecule has 2 aromatic carbocycles. The predicted molar refractivity (Wildman–Crippen MR) is 128 cm³/mol. The van der Waals surface area contributed by atoms with E-state index >= 15 is 0 Å². The highest BCUT2D eigenvalue weighted by Crippen LogP contribution is 2.33. The summed E-state index contributed by atoms with van der Waals surface area (Å²) < 4.78 is 9.39. The number of hydrogen-bond acceptors (Lipinski definition) is 5. The molecule has 5 rings (SSSR count). The SMILES string of the molecule is COc1ccc(-n2c(SCc3cn4cccc(C)c4n3)nnc2-c2ccccc2)cc1Cl. The molecule has 0 saturated carbocycles. The van der Waals surface area contributed by atoms with Gasteiger partial charge in [0.1, 0.15) is 11.4 Å². The van der Waals surface area contributed by atoms with E-state index in [4.69, 9.17) is 21.3 Å². The molecule has 0 aliphatic carbocycles. The van der Waals surface area contributed by atoms with Crippen molar-refractivity contribution >= 4 is 29.0 Å². The van der Waals surface area contributed by atoms with Gasteiger partial charge >= 0.3 is 0 Å². The van der Waals surface area contributed by atoms with Crippen LogP contribution in [0.5, 0.6) is 5.75 Å². The number of aryl methyl sites for hydroxylation is 1. The van der Waals surface area contributed by atoms with E-state index in [9.17, 15) is 0 Å². The Balaban J connectivity index is 1.53. The van der Waals surface area contributed by atoms with Crippen molar-refractivity contribution in [2.24, 2.45) is 0 Å². The Morgan fingerprint density at radius 2 is 1.88 bits per heavy atom. The van der Waals surface area contributed by atoms with Gasteiger partial charge in [0.15, 0.2) is 11.0 Å². The van der Waals surface area contributed by atoms with Gasteiger partial charge in [-0.1, -0.05) is 59.8 Å². The van der Waals surface area contributed by atoms with Gasteiger partial charge in [0, 0.05) is 23.7 Å². The summed E-state index contributed by atoms with van der Waals surface area (Å²) in [6, 6.07) is 19.8. The topological polar surface area (TPSA) is 57.2 Å². The Kier molecular flexibility index (Phi) is 5.59. The van der Waals surface area contributed by atoms with Crippen LogP contribution in [0, 0.1) is 6.92 Å². The van der Waals surface area contributed by atoms with Crippen LogP contribution in [0.3, 0.4) is 0 Å². The molecule has 160 valence electrons. The number of benzene rings is 2. The number of nitrogens with zero attached hydrogens (tertiary/aromatic N) is 5. The molecular formula is C24H20ClN5OS. The van der Waals surface area contributed by atoms with Gasteiger partial charge in [0.25, 0.3) is 0 Å². The fourth-order valence-corrected chi connectivity index (χ4v) is 4.66. The van der Waals surface area contributed by atoms with Crippen molar-refractivity contribution in [1.82, 2.24) is 24.1 Å². The van der Waals surface area contributed by atoms with E-state index < -0.39 is 0 Å². The van der Waals surface area contributed by atoms with Crippen LogP contribution in [-0.2, 0) is 5.75 Å². The van der Waals surface area contributed by atoms with Crippen molar-refractivity contribution in [3.63, 3.8) is 0 Å². The highest BCUT2D eigenvalue weighted by molar-refractivity contribution is 7.98. The number of imidazole rings is 1. The number of hydrogen-bond donors (Lipinski definition) is 0. The smallest absolute Gasteiger partial charge is 0.196 e. The fraction of sp³-hybridized carbons (Fsp3) is 0.125. The highest BCUT2D eigenvalue weighted by Gasteiger charge is 2.18. The molecule has 0 aliphatic heterocycles. The van der Waals surface area contributed by atoms with E-state index in [1.807, 2.05) is 65.4 Å². The predicted octanol–water partition coefficient (Wildman–Crippen LogP) is 5.84. The lowest BCUT2D eigenvalue weighted by atomic mass is 10.2. The normalized spacial score (nSPS) is 11.2. The number of ether oxygens (including phenoxy) is 1. The molecule has 0 N–H and O–H groups in total. The van der Waals surface area contributed by atoms with Gasteiger partial charge in [0.05, 0.1) is 23.5 Å². The molecule has 32 heavy (non-hydrogen) atoms. The van der Waals surface area contributed by atoms with Gasteiger partial charge < -0.3 is 9.14 Å². The summed E-state index contributed by atoms with van der Waals surface area (Å²) in [5, 5.41) is 10.3. The number of pyridine rings is 1. The molecule has 6 nitrogen and oxygen atoms in total. The van der Waals surface area contributed by atoms with E-state index in [1.54, 1.807) is 18.9 Å². The second kappa shape index (κ2) is 8.68. The lowest BCUT2D eigenvalue weighted by Gasteiger charge is -2.12. The Morgan fingerprint density at radius 3 is 2.62 bits per heavy atom. The third-order valence-corrected chi connectivity index (χ3v) is 6.39. The summed E-state index contributed by atoms with van der Waals surface area (Å²) in [6.45, 7) is 2.06. The summed E-state index contributed by atoms with van der Waals surface area (Å²) in [4.78, 5) is 4.78. The van der Waals surface area contributed by atoms with Gasteiger partial charge in [-0.25, -0.2) is 4.98 Å². The maximum atomic E-state index is 6.43. The van der Waals surface area contributed by atoms with E-state index in [0.717, 1.165) is 39.1 Å². The lowest BCUT2D eigenvalue weighted by molar-refractivity contribution is 0.415. The molecule has 3 heterocycles. The first-order valence-corrected chi connectivity index (χ1v) is 11.4. The summed E-state index contributed by atoms with van der Waals surface area (Å²) in [6.07, 6.45) is 4.07. The van der Waals surface area contributed by atoms with E-state index in [1.165, 1.54) is 0 Å². The number of rotatable bonds is 6. The highest BCUT2D eigenvalue weighted by atomic mass is 35.5. The minimum absolute atomic E-state index is 0.532. The van der Waals surface area contributed by atoms with Crippen molar-refractivity contribution in [3.8, 4) is 22.8 Å². The van der Waals surface area contributed by atoms with Crippen LogP contribution in [0.4, 0.5) is 0 Å². The van der Waals surface area contributed by atoms with Crippen LogP contribution >= 0.6 is 23.4 Å². The number of thioether (sulfide) groups is 1. The largest absolute Gasteiger partial charge is 0.495 e. The first-order chi connectivity index (χ1) is 15.6. The van der Waals surface area contributed by atoms with Crippen molar-refractivity contribution in [2.75, 3.05) is 7.11 Å². The van der Waals surface area contributed by atoms with Gasteiger partial charge in [-0.15, -0.1) is 10.2 Å². The third-order valence-electron chi connectivity index (χ3n) is 5.14. The van der Waals surface area contributed by atoms with Gasteiger partial charge in [-0.3, -0.25) is 4.57 Å². The summed E-state index contributed by atoms with van der Waals surface area (Å²) in [5.74, 6) is 2.04. The summed E-state index contributed by atoms with van der Waals surface area (Å²) in [7, 11) is 1.60. The van der Waals surface area contributed by atoms with Gasteiger partial charge in [-0.2, -0.15) is 0 Å². The minimum atomic E-state index is 0.532. The molecule has 3 aromatic heterocycles. The van der Waals surface area contributed by atoms with Gasteiger partial charge in [0.2, 0.25) is 0 Å². The molecule has 0 spiro atoms. The zero-order valence-electron chi connectivity index (χ0n) is 17.6. The minimum Gasteiger partial charge on any atom is -0.495 e. The Bertz CT molecular complexity index is 1400. The monoisotopic (exact) mass is 461 g/mol. The van der Waals surface area contributed by atoms with E-state index in [0.29, 0.717) is 16.5 Å². The second-order valence-electron chi connectivity index (χ2n) is 7.27. The van der Waals surface area contributed by atoms with Gasteiger partial charge in [-0.05, 0) is 36.8 Å². The van der Waals surface area contributed by atoms with Crippen molar-refractivity contribution < 1.29 is 4.74 Å². The maximum absolute atomic E-state index is 6.43. The molecule has 0 bridgehead atoms. The lowest BCUT2D eigenvalue weighted by Crippen LogP contribution is -2.00. The quantitative estimate of drug-likeness (QED) is 0.297. The fourth-order valence-electron chi connectivity index (χ4n) is 3.58. The molecule has 0 radical (unpaired) electrons. The van der Waals surface area contributed by atoms with E-state index in [-0.39, 0.29) is 0 Å². The van der Waals surface area contributed by atoms with Crippen LogP contribution in [-0.4, -0.2) is 31.3 Å². The molecular weight excluding hydrogens is 442 g/mol. The first kappa shape index (κ1) is 20.6. The van der Waals surface area contributed by atoms with Crippen LogP contribution in [0.1, 0.15) is 11.3 Å². The number of fused-ring (bicyclic) bond motifs is 1. The maximum Gasteiger partial charge on any atom is 0.196 e. The number of halogens is 1. The standard InChI is InChI=1S/C24H20ClN5OS/c1-16-7-6-12-29-14-18(26-22(16)29)15-32-24-28-27-23(17-8-4-3-5-9-17)30(24)19-10-11-21(31-2)20(25)13-19/h3-14H,15H2,1-2H3. The molecule has 5 aromatic rings. The molecule has 8 heteroatoms. The zero-order chi connectivity index (χ0) is 22.1. The Labute approximate surface area is 194 Å². The molecule has 0 fully saturated rings. The number of aromatic nitrogens is 5. The summed E-state index contributed by atoms with van der Waals surface area (Å²) in [5.41, 5.74) is 4.94. The van der Waals surface area contributed by atoms with Crippen molar-refractivity contribution in [3.05, 3.63) is 89.3 Å². The Morgan fingerprint density at radius 1 is 1.03 bits per heavy atom. The summed E-state index contributed by atoms with van der Waals surface area (Å²) >= 11 is 8.02. The second-order valence-corrected chi connectivity index (χ2v) is 8.62. The molecule has 0 aliphatic rings. The molecule has 0 atom stereocenters. The third kappa shape index (κ3) is 3.85. The average molecular weight is 462 g/mol. The zero-order valence-corrected chi connectivity index (χ0v) is 19.1. The molecule has 0 unspecified atom stereocenters. The molecule has 0 saturated heterocycles. The van der Waals surface area contributed by atoms with Crippen molar-refractivity contribution in [1.29, 1.82) is 0 Å². The van der Waals surface area contributed by atoms with Crippen LogP contribution < -0.4 is 4.74 Å². The van der Waals surface area contributed by atoms with Crippen LogP contribution in [0.25, 0.3) is 22.7 Å². The van der Waals surface area contributed by atoms with Crippen LogP contribution in [0.15, 0.2) is 78.2 Å². The van der Waals surface area contributed by atoms with E-state index in [2.05, 4.69) is 33.8 Å². The Hall–Kier alpha value is -3.29.